The molecule has 0 aliphatic carbocycles. The molecule has 0 radical (unpaired) electrons. The number of amides is 2. The summed E-state index contributed by atoms with van der Waals surface area (Å²) in [4.78, 5) is 28.9. The van der Waals surface area contributed by atoms with Crippen LogP contribution in [0.2, 0.25) is 0 Å². The van der Waals surface area contributed by atoms with Crippen LogP contribution in [0.15, 0.2) is 60.7 Å². The molecule has 6 heteroatoms. The second-order valence-electron chi connectivity index (χ2n) is 9.74. The summed E-state index contributed by atoms with van der Waals surface area (Å²) in [5.41, 5.74) is 2.79. The Morgan fingerprint density at radius 2 is 1.75 bits per heavy atom. The molecule has 0 spiro atoms. The number of carbonyl (C=O) groups excluding carboxylic acids is 2. The zero-order chi connectivity index (χ0) is 23.1. The molecule has 2 aromatic carbocycles. The standard InChI is InChI=1S/C26H30N4O2/c1-18-11-13-20(14-12-18)30-23(31)21-15-22(25(2,3)4)28-29(21)17-26(30,5)24(32)27-16-19-9-7-6-8-10-19/h6-15H,16-17H2,1-5H3,(H,27,32)/t26-/m0/s1. The molecule has 166 valence electrons. The van der Waals surface area contributed by atoms with Crippen molar-refractivity contribution in [3.63, 3.8) is 0 Å². The third-order valence-electron chi connectivity index (χ3n) is 6.00. The van der Waals surface area contributed by atoms with Crippen molar-refractivity contribution in [1.29, 1.82) is 0 Å². The van der Waals surface area contributed by atoms with Crippen molar-refractivity contribution in [1.82, 2.24) is 15.1 Å². The largest absolute Gasteiger partial charge is 0.350 e. The zero-order valence-corrected chi connectivity index (χ0v) is 19.3. The van der Waals surface area contributed by atoms with Gasteiger partial charge in [0.25, 0.3) is 5.91 Å². The first-order chi connectivity index (χ1) is 15.1. The molecule has 0 bridgehead atoms. The second-order valence-corrected chi connectivity index (χ2v) is 9.74. The van der Waals surface area contributed by atoms with Crippen LogP contribution in [-0.4, -0.2) is 27.1 Å². The molecule has 1 N–H and O–H groups in total. The Bertz CT molecular complexity index is 1140. The predicted octanol–water partition coefficient (Wildman–Crippen LogP) is 4.22. The number of rotatable bonds is 4. The van der Waals surface area contributed by atoms with E-state index in [1.807, 2.05) is 74.5 Å². The quantitative estimate of drug-likeness (QED) is 0.674. The molecule has 0 saturated carbocycles. The number of hydrogen-bond acceptors (Lipinski definition) is 3. The first-order valence-corrected chi connectivity index (χ1v) is 10.9. The van der Waals surface area contributed by atoms with Crippen molar-refractivity contribution in [3.05, 3.63) is 83.2 Å². The van der Waals surface area contributed by atoms with Crippen molar-refractivity contribution in [2.75, 3.05) is 4.90 Å². The minimum Gasteiger partial charge on any atom is -0.350 e. The fourth-order valence-electron chi connectivity index (χ4n) is 4.01. The van der Waals surface area contributed by atoms with E-state index in [0.29, 0.717) is 17.9 Å². The van der Waals surface area contributed by atoms with Gasteiger partial charge in [-0.1, -0.05) is 68.8 Å². The first-order valence-electron chi connectivity index (χ1n) is 10.9. The molecular formula is C26H30N4O2. The van der Waals surface area contributed by atoms with Gasteiger partial charge in [0.15, 0.2) is 0 Å². The molecule has 2 amide bonds. The SMILES string of the molecule is Cc1ccc(N2C(=O)c3cc(C(C)(C)C)nn3C[C@@]2(C)C(=O)NCc2ccccc2)cc1. The van der Waals surface area contributed by atoms with Crippen molar-refractivity contribution in [2.24, 2.45) is 0 Å². The van der Waals surface area contributed by atoms with Crippen molar-refractivity contribution >= 4 is 17.5 Å². The number of nitrogens with one attached hydrogen (secondary N) is 1. The maximum atomic E-state index is 13.7. The van der Waals surface area contributed by atoms with Gasteiger partial charge in [0.2, 0.25) is 5.91 Å². The van der Waals surface area contributed by atoms with E-state index in [9.17, 15) is 9.59 Å². The maximum Gasteiger partial charge on any atom is 0.277 e. The van der Waals surface area contributed by atoms with E-state index < -0.39 is 5.54 Å². The molecule has 1 atom stereocenters. The molecule has 3 aromatic rings. The molecule has 0 saturated heterocycles. The van der Waals surface area contributed by atoms with Crippen molar-refractivity contribution in [2.45, 2.75) is 58.7 Å². The molecule has 1 aliphatic heterocycles. The Morgan fingerprint density at radius 1 is 1.09 bits per heavy atom. The summed E-state index contributed by atoms with van der Waals surface area (Å²) >= 11 is 0. The van der Waals surface area contributed by atoms with Crippen molar-refractivity contribution in [3.8, 4) is 0 Å². The molecular weight excluding hydrogens is 400 g/mol. The van der Waals surface area contributed by atoms with Gasteiger partial charge in [-0.25, -0.2) is 0 Å². The van der Waals surface area contributed by atoms with E-state index >= 15 is 0 Å². The minimum absolute atomic E-state index is 0.203. The van der Waals surface area contributed by atoms with Gasteiger partial charge >= 0.3 is 0 Å². The third kappa shape index (κ3) is 3.93. The topological polar surface area (TPSA) is 67.2 Å². The number of hydrogen-bond donors (Lipinski definition) is 1. The molecule has 1 aliphatic rings. The van der Waals surface area contributed by atoms with Gasteiger partial charge in [0.05, 0.1) is 12.2 Å². The van der Waals surface area contributed by atoms with E-state index in [2.05, 4.69) is 26.1 Å². The van der Waals surface area contributed by atoms with Crippen LogP contribution >= 0.6 is 0 Å². The molecule has 0 fully saturated rings. The summed E-state index contributed by atoms with van der Waals surface area (Å²) in [6.45, 7) is 10.7. The molecule has 4 rings (SSSR count). The van der Waals surface area contributed by atoms with Crippen LogP contribution in [0.1, 0.15) is 55.0 Å². The van der Waals surface area contributed by atoms with Gasteiger partial charge in [-0.2, -0.15) is 5.10 Å². The number of anilines is 1. The van der Waals surface area contributed by atoms with Gasteiger partial charge in [-0.15, -0.1) is 0 Å². The summed E-state index contributed by atoms with van der Waals surface area (Å²) in [5, 5.41) is 7.73. The number of carbonyl (C=O) groups is 2. The number of benzene rings is 2. The summed E-state index contributed by atoms with van der Waals surface area (Å²) in [7, 11) is 0. The molecule has 6 nitrogen and oxygen atoms in total. The average Bonchev–Trinajstić information content (AvgIpc) is 3.19. The Hall–Kier alpha value is -3.41. The zero-order valence-electron chi connectivity index (χ0n) is 19.3. The average molecular weight is 431 g/mol. The summed E-state index contributed by atoms with van der Waals surface area (Å²) in [6, 6.07) is 19.3. The highest BCUT2D eigenvalue weighted by Gasteiger charge is 2.49. The number of aryl methyl sites for hydroxylation is 1. The summed E-state index contributed by atoms with van der Waals surface area (Å²) in [5.74, 6) is -0.436. The highest BCUT2D eigenvalue weighted by Crippen LogP contribution is 2.34. The van der Waals surface area contributed by atoms with E-state index in [1.165, 1.54) is 0 Å². The van der Waals surface area contributed by atoms with Gasteiger partial charge in [0, 0.05) is 17.6 Å². The van der Waals surface area contributed by atoms with Crippen LogP contribution in [0.5, 0.6) is 0 Å². The molecule has 1 aromatic heterocycles. The molecule has 0 unspecified atom stereocenters. The minimum atomic E-state index is -1.13. The molecule has 32 heavy (non-hydrogen) atoms. The monoisotopic (exact) mass is 430 g/mol. The third-order valence-corrected chi connectivity index (χ3v) is 6.00. The normalized spacial score (nSPS) is 18.4. The highest BCUT2D eigenvalue weighted by atomic mass is 16.2. The van der Waals surface area contributed by atoms with Crippen molar-refractivity contribution < 1.29 is 9.59 Å². The number of nitrogens with zero attached hydrogens (tertiary/aromatic N) is 3. The van der Waals surface area contributed by atoms with Crippen LogP contribution in [0.25, 0.3) is 0 Å². The smallest absolute Gasteiger partial charge is 0.277 e. The highest BCUT2D eigenvalue weighted by molar-refractivity contribution is 6.11. The molecule has 2 heterocycles. The van der Waals surface area contributed by atoms with Gasteiger partial charge in [-0.3, -0.25) is 19.2 Å². The van der Waals surface area contributed by atoms with Crippen LogP contribution in [0.4, 0.5) is 5.69 Å². The second kappa shape index (κ2) is 7.93. The maximum absolute atomic E-state index is 13.7. The van der Waals surface area contributed by atoms with E-state index in [-0.39, 0.29) is 23.8 Å². The summed E-state index contributed by atoms with van der Waals surface area (Å²) < 4.78 is 1.69. The lowest BCUT2D eigenvalue weighted by molar-refractivity contribution is -0.126. The lowest BCUT2D eigenvalue weighted by Gasteiger charge is -2.43. The number of fused-ring (bicyclic) bond motifs is 1. The van der Waals surface area contributed by atoms with E-state index in [1.54, 1.807) is 9.58 Å². The van der Waals surface area contributed by atoms with Gasteiger partial charge in [0.1, 0.15) is 11.2 Å². The lowest BCUT2D eigenvalue weighted by Crippen LogP contribution is -2.64. The van der Waals surface area contributed by atoms with Crippen LogP contribution < -0.4 is 10.2 Å². The Morgan fingerprint density at radius 3 is 2.38 bits per heavy atom. The fraction of sp³-hybridized carbons (Fsp3) is 0.346. The lowest BCUT2D eigenvalue weighted by atomic mass is 9.91. The predicted molar refractivity (Wildman–Crippen MR) is 126 cm³/mol. The Kier molecular flexibility index (Phi) is 5.41. The van der Waals surface area contributed by atoms with E-state index in [4.69, 9.17) is 5.10 Å². The van der Waals surface area contributed by atoms with Gasteiger partial charge < -0.3 is 5.32 Å². The van der Waals surface area contributed by atoms with Crippen LogP contribution in [0, 0.1) is 6.92 Å². The Labute approximate surface area is 189 Å². The Balaban J connectivity index is 1.74. The van der Waals surface area contributed by atoms with Crippen LogP contribution in [0.3, 0.4) is 0 Å². The van der Waals surface area contributed by atoms with Gasteiger partial charge in [-0.05, 0) is 37.6 Å². The van der Waals surface area contributed by atoms with E-state index in [0.717, 1.165) is 16.8 Å². The fourth-order valence-corrected chi connectivity index (χ4v) is 4.01. The number of aromatic nitrogens is 2. The first kappa shape index (κ1) is 21.8. The van der Waals surface area contributed by atoms with Crippen LogP contribution in [-0.2, 0) is 23.3 Å². The summed E-state index contributed by atoms with van der Waals surface area (Å²) in [6.07, 6.45) is 0.